The number of carbonyl (C=O) groups excluding carboxylic acids is 1. The number of aromatic nitrogens is 4. The van der Waals surface area contributed by atoms with Gasteiger partial charge in [0.1, 0.15) is 5.38 Å². The van der Waals surface area contributed by atoms with Crippen LogP contribution in [0.15, 0.2) is 12.3 Å². The van der Waals surface area contributed by atoms with Crippen LogP contribution in [0.25, 0.3) is 5.78 Å². The highest BCUT2D eigenvalue weighted by Crippen LogP contribution is 2.23. The number of rotatable bonds is 2. The third kappa shape index (κ3) is 3.17. The summed E-state index contributed by atoms with van der Waals surface area (Å²) < 4.78 is 1.81. The van der Waals surface area contributed by atoms with Crippen molar-refractivity contribution >= 4 is 29.2 Å². The second kappa shape index (κ2) is 6.20. The van der Waals surface area contributed by atoms with E-state index in [9.17, 15) is 4.79 Å². The molecule has 3 heterocycles. The van der Waals surface area contributed by atoms with Crippen molar-refractivity contribution in [2.75, 3.05) is 31.1 Å². The minimum atomic E-state index is -0.483. The van der Waals surface area contributed by atoms with E-state index in [1.54, 1.807) is 18.0 Å². The molecule has 2 aromatic heterocycles. The molecule has 2 aromatic rings. The largest absolute Gasteiger partial charge is 0.338 e. The summed E-state index contributed by atoms with van der Waals surface area (Å²) in [6.45, 7) is 10.8. The van der Waals surface area contributed by atoms with Crippen molar-refractivity contribution in [3.05, 3.63) is 18.0 Å². The number of alkyl halides is 1. The Labute approximate surface area is 146 Å². The van der Waals surface area contributed by atoms with E-state index in [0.717, 1.165) is 5.69 Å². The fraction of sp³-hybridized carbons (Fsp3) is 0.625. The van der Waals surface area contributed by atoms with Gasteiger partial charge in [-0.05, 0) is 13.0 Å². The van der Waals surface area contributed by atoms with E-state index in [1.807, 2.05) is 10.6 Å². The Balaban J connectivity index is 1.81. The van der Waals surface area contributed by atoms with Crippen LogP contribution in [0.4, 0.5) is 5.95 Å². The topological polar surface area (TPSA) is 66.6 Å². The van der Waals surface area contributed by atoms with Crippen LogP contribution in [0.1, 0.15) is 33.4 Å². The highest BCUT2D eigenvalue weighted by Gasteiger charge is 2.26. The summed E-state index contributed by atoms with van der Waals surface area (Å²) in [6.07, 6.45) is 1.77. The van der Waals surface area contributed by atoms with Crippen LogP contribution < -0.4 is 4.90 Å². The molecule has 0 spiro atoms. The van der Waals surface area contributed by atoms with Crippen LogP contribution in [0, 0.1) is 0 Å². The fourth-order valence-electron chi connectivity index (χ4n) is 2.86. The number of anilines is 1. The van der Waals surface area contributed by atoms with Crippen molar-refractivity contribution in [3.8, 4) is 0 Å². The zero-order valence-corrected chi connectivity index (χ0v) is 15.3. The first kappa shape index (κ1) is 17.0. The van der Waals surface area contributed by atoms with Crippen LogP contribution in [-0.2, 0) is 10.2 Å². The number of piperazine rings is 1. The van der Waals surface area contributed by atoms with Crippen LogP contribution in [0.5, 0.6) is 0 Å². The molecule has 1 atom stereocenters. The van der Waals surface area contributed by atoms with Gasteiger partial charge in [-0.15, -0.1) is 16.7 Å². The number of hydrogen-bond acceptors (Lipinski definition) is 5. The maximum Gasteiger partial charge on any atom is 0.254 e. The summed E-state index contributed by atoms with van der Waals surface area (Å²) in [5.74, 6) is 1.24. The van der Waals surface area contributed by atoms with Crippen LogP contribution in [0.3, 0.4) is 0 Å². The molecule has 24 heavy (non-hydrogen) atoms. The van der Waals surface area contributed by atoms with Gasteiger partial charge in [0.15, 0.2) is 0 Å². The summed E-state index contributed by atoms with van der Waals surface area (Å²) in [7, 11) is 0. The normalized spacial score (nSPS) is 17.4. The van der Waals surface area contributed by atoms with Crippen LogP contribution in [-0.4, -0.2) is 61.9 Å². The zero-order chi connectivity index (χ0) is 17.5. The lowest BCUT2D eigenvalue weighted by molar-refractivity contribution is -0.130. The molecule has 0 unspecified atom stereocenters. The summed E-state index contributed by atoms with van der Waals surface area (Å²) in [4.78, 5) is 24.7. The second-order valence-corrected chi connectivity index (χ2v) is 7.79. The van der Waals surface area contributed by atoms with Gasteiger partial charge in [0.05, 0.1) is 5.69 Å². The first-order chi connectivity index (χ1) is 11.3. The Morgan fingerprint density at radius 2 is 1.92 bits per heavy atom. The Morgan fingerprint density at radius 1 is 1.25 bits per heavy atom. The number of carbonyl (C=O) groups is 1. The molecule has 1 fully saturated rings. The van der Waals surface area contributed by atoms with E-state index < -0.39 is 5.38 Å². The smallest absolute Gasteiger partial charge is 0.254 e. The highest BCUT2D eigenvalue weighted by molar-refractivity contribution is 6.30. The third-order valence-corrected chi connectivity index (χ3v) is 4.40. The lowest BCUT2D eigenvalue weighted by Crippen LogP contribution is -2.50. The van der Waals surface area contributed by atoms with E-state index in [4.69, 9.17) is 11.6 Å². The Kier molecular flexibility index (Phi) is 4.38. The molecule has 1 amide bonds. The predicted molar refractivity (Wildman–Crippen MR) is 93.6 cm³/mol. The minimum absolute atomic E-state index is 0.0176. The molecule has 1 aliphatic heterocycles. The molecule has 0 N–H and O–H groups in total. The maximum absolute atomic E-state index is 12.0. The Bertz CT molecular complexity index is 743. The predicted octanol–water partition coefficient (Wildman–Crippen LogP) is 1.70. The Morgan fingerprint density at radius 3 is 2.50 bits per heavy atom. The van der Waals surface area contributed by atoms with Crippen molar-refractivity contribution in [2.24, 2.45) is 0 Å². The standard InChI is InChI=1S/C16H23ClN6O/c1-11(17)13(24)21-7-9-22(10-8-21)15-19-14-18-6-5-12(16(2,3)4)23(14)20-15/h5-6,11H,7-10H2,1-4H3/t11-/m1/s1. The fourth-order valence-corrected chi connectivity index (χ4v) is 3.00. The van der Waals surface area contributed by atoms with Gasteiger partial charge in [-0.2, -0.15) is 9.50 Å². The highest BCUT2D eigenvalue weighted by atomic mass is 35.5. The van der Waals surface area contributed by atoms with E-state index in [0.29, 0.717) is 37.9 Å². The van der Waals surface area contributed by atoms with Gasteiger partial charge in [0.2, 0.25) is 11.9 Å². The number of hydrogen-bond donors (Lipinski definition) is 0. The molecular weight excluding hydrogens is 328 g/mol. The molecule has 8 heteroatoms. The first-order valence-corrected chi connectivity index (χ1v) is 8.61. The minimum Gasteiger partial charge on any atom is -0.338 e. The molecule has 1 saturated heterocycles. The van der Waals surface area contributed by atoms with Crippen LogP contribution in [0.2, 0.25) is 0 Å². The lowest BCUT2D eigenvalue weighted by Gasteiger charge is -2.34. The van der Waals surface area contributed by atoms with Crippen molar-refractivity contribution in [3.63, 3.8) is 0 Å². The van der Waals surface area contributed by atoms with Gasteiger partial charge in [-0.25, -0.2) is 4.98 Å². The number of amides is 1. The van der Waals surface area contributed by atoms with Crippen LogP contribution >= 0.6 is 11.6 Å². The van der Waals surface area contributed by atoms with E-state index in [-0.39, 0.29) is 11.3 Å². The molecular formula is C16H23ClN6O. The molecule has 130 valence electrons. The maximum atomic E-state index is 12.0. The van der Waals surface area contributed by atoms with E-state index >= 15 is 0 Å². The molecule has 7 nitrogen and oxygen atoms in total. The van der Waals surface area contributed by atoms with E-state index in [1.165, 1.54) is 0 Å². The monoisotopic (exact) mass is 350 g/mol. The van der Waals surface area contributed by atoms with E-state index in [2.05, 4.69) is 40.7 Å². The number of nitrogens with zero attached hydrogens (tertiary/aromatic N) is 6. The van der Waals surface area contributed by atoms with Crippen molar-refractivity contribution in [2.45, 2.75) is 38.5 Å². The zero-order valence-electron chi connectivity index (χ0n) is 14.5. The first-order valence-electron chi connectivity index (χ1n) is 8.17. The van der Waals surface area contributed by atoms with Gasteiger partial charge in [0.25, 0.3) is 5.78 Å². The SMILES string of the molecule is C[C@@H](Cl)C(=O)N1CCN(c2nc3nccc(C(C)(C)C)n3n2)CC1. The lowest BCUT2D eigenvalue weighted by atomic mass is 9.92. The quantitative estimate of drug-likeness (QED) is 0.771. The molecule has 0 aliphatic carbocycles. The number of halogens is 1. The molecule has 1 aliphatic rings. The molecule has 0 bridgehead atoms. The molecule has 0 aromatic carbocycles. The van der Waals surface area contributed by atoms with Gasteiger partial charge in [0, 0.05) is 37.8 Å². The molecule has 3 rings (SSSR count). The van der Waals surface area contributed by atoms with Gasteiger partial charge in [-0.1, -0.05) is 20.8 Å². The second-order valence-electron chi connectivity index (χ2n) is 7.13. The van der Waals surface area contributed by atoms with Gasteiger partial charge >= 0.3 is 0 Å². The average molecular weight is 351 g/mol. The summed E-state index contributed by atoms with van der Waals surface area (Å²) in [5.41, 5.74) is 1.02. The van der Waals surface area contributed by atoms with Crippen molar-refractivity contribution in [1.82, 2.24) is 24.5 Å². The van der Waals surface area contributed by atoms with Gasteiger partial charge < -0.3 is 9.80 Å². The van der Waals surface area contributed by atoms with Crippen molar-refractivity contribution in [1.29, 1.82) is 0 Å². The summed E-state index contributed by atoms with van der Waals surface area (Å²) >= 11 is 5.89. The Hall–Kier alpha value is -1.89. The summed E-state index contributed by atoms with van der Waals surface area (Å²) in [6, 6.07) is 1.98. The summed E-state index contributed by atoms with van der Waals surface area (Å²) in [5, 5.41) is 4.16. The molecule has 0 radical (unpaired) electrons. The molecule has 0 saturated carbocycles. The average Bonchev–Trinajstić information content (AvgIpc) is 2.97. The van der Waals surface area contributed by atoms with Crippen molar-refractivity contribution < 1.29 is 4.79 Å². The van der Waals surface area contributed by atoms with Gasteiger partial charge in [-0.3, -0.25) is 4.79 Å². The number of fused-ring (bicyclic) bond motifs is 1. The third-order valence-electron chi connectivity index (χ3n) is 4.21.